The third kappa shape index (κ3) is 6.65. The summed E-state index contributed by atoms with van der Waals surface area (Å²) in [4.78, 5) is 31.2. The molecule has 0 bridgehead atoms. The highest BCUT2D eigenvalue weighted by Crippen LogP contribution is 2.42. The van der Waals surface area contributed by atoms with Crippen LogP contribution in [0.5, 0.6) is 0 Å². The van der Waals surface area contributed by atoms with Crippen molar-refractivity contribution in [1.29, 1.82) is 0 Å². The monoisotopic (exact) mass is 493 g/mol. The number of aliphatic hydroxyl groups excluding tert-OH is 1. The molecule has 12 heteroatoms. The van der Waals surface area contributed by atoms with E-state index >= 15 is 0 Å². The minimum absolute atomic E-state index is 0.143. The van der Waals surface area contributed by atoms with Gasteiger partial charge in [0.05, 0.1) is 29.5 Å². The standard InChI is InChI=1S/C19H29N3O3S.C2HF3O2/c1-13-17(26-14(2)20-13)18(24)22-7-4-19(5-8-22)9-16(25-12-19)11-21-6-3-15(23)10-21;3-2(4,5)1(6)7/h15-16,23H,3-12H2,1-2H3;(H,6,7). The first-order valence-corrected chi connectivity index (χ1v) is 11.8. The molecule has 4 heterocycles. The van der Waals surface area contributed by atoms with Crippen molar-refractivity contribution in [2.75, 3.05) is 39.3 Å². The van der Waals surface area contributed by atoms with E-state index in [1.807, 2.05) is 18.7 Å². The van der Waals surface area contributed by atoms with E-state index in [-0.39, 0.29) is 23.5 Å². The second-order valence-electron chi connectivity index (χ2n) is 9.08. The predicted octanol–water partition coefficient (Wildman–Crippen LogP) is 2.47. The Morgan fingerprint density at radius 3 is 2.36 bits per heavy atom. The zero-order valence-electron chi connectivity index (χ0n) is 18.7. The molecular formula is C21H30F3N3O5S. The number of hydrogen-bond acceptors (Lipinski definition) is 7. The smallest absolute Gasteiger partial charge is 0.475 e. The molecular weight excluding hydrogens is 463 g/mol. The number of carboxylic acids is 1. The van der Waals surface area contributed by atoms with E-state index < -0.39 is 12.1 Å². The van der Waals surface area contributed by atoms with Gasteiger partial charge in [-0.25, -0.2) is 9.78 Å². The number of carbonyl (C=O) groups is 2. The van der Waals surface area contributed by atoms with E-state index in [4.69, 9.17) is 14.6 Å². The zero-order chi connectivity index (χ0) is 24.4. The molecule has 1 amide bonds. The molecule has 2 N–H and O–H groups in total. The molecule has 3 aliphatic heterocycles. The molecule has 1 aromatic heterocycles. The van der Waals surface area contributed by atoms with E-state index in [2.05, 4.69) is 9.88 Å². The number of β-amino-alcohol motifs (C(OH)–C–C–N with tert-alkyl or cyclic N) is 1. The van der Waals surface area contributed by atoms with E-state index in [1.165, 1.54) is 11.3 Å². The van der Waals surface area contributed by atoms with Crippen LogP contribution in [0.1, 0.15) is 46.1 Å². The molecule has 0 aromatic carbocycles. The summed E-state index contributed by atoms with van der Waals surface area (Å²) >= 11 is 1.51. The molecule has 0 saturated carbocycles. The van der Waals surface area contributed by atoms with Crippen LogP contribution < -0.4 is 0 Å². The fourth-order valence-corrected chi connectivity index (χ4v) is 5.57. The van der Waals surface area contributed by atoms with Gasteiger partial charge in [0, 0.05) is 32.7 Å². The lowest BCUT2D eigenvalue weighted by molar-refractivity contribution is -0.192. The zero-order valence-corrected chi connectivity index (χ0v) is 19.5. The predicted molar refractivity (Wildman–Crippen MR) is 114 cm³/mol. The summed E-state index contributed by atoms with van der Waals surface area (Å²) in [5.74, 6) is -2.61. The van der Waals surface area contributed by atoms with Crippen molar-refractivity contribution >= 4 is 23.2 Å². The summed E-state index contributed by atoms with van der Waals surface area (Å²) in [6.45, 7) is 9.01. The number of ether oxygens (including phenoxy) is 1. The van der Waals surface area contributed by atoms with Gasteiger partial charge in [0.1, 0.15) is 4.88 Å². The Hall–Kier alpha value is -1.76. The van der Waals surface area contributed by atoms with Crippen molar-refractivity contribution in [3.05, 3.63) is 15.6 Å². The Kier molecular flexibility index (Phi) is 8.03. The first-order chi connectivity index (χ1) is 15.4. The Morgan fingerprint density at radius 2 is 1.88 bits per heavy atom. The lowest BCUT2D eigenvalue weighted by atomic mass is 9.76. The Bertz CT molecular complexity index is 855. The lowest BCUT2D eigenvalue weighted by Gasteiger charge is -2.38. The van der Waals surface area contributed by atoms with Crippen LogP contribution in [0, 0.1) is 19.3 Å². The van der Waals surface area contributed by atoms with Crippen molar-refractivity contribution in [3.63, 3.8) is 0 Å². The van der Waals surface area contributed by atoms with Crippen molar-refractivity contribution in [2.45, 2.75) is 57.9 Å². The first-order valence-electron chi connectivity index (χ1n) is 10.9. The van der Waals surface area contributed by atoms with Crippen molar-refractivity contribution in [3.8, 4) is 0 Å². The maximum atomic E-state index is 12.8. The van der Waals surface area contributed by atoms with Crippen LogP contribution in [0.3, 0.4) is 0 Å². The van der Waals surface area contributed by atoms with Gasteiger partial charge >= 0.3 is 12.1 Å². The van der Waals surface area contributed by atoms with Gasteiger partial charge in [-0.05, 0) is 44.9 Å². The molecule has 8 nitrogen and oxygen atoms in total. The molecule has 4 rings (SSSR count). The number of piperidine rings is 1. The number of aliphatic hydroxyl groups is 1. The molecule has 1 aromatic rings. The van der Waals surface area contributed by atoms with Crippen LogP contribution in [0.15, 0.2) is 0 Å². The van der Waals surface area contributed by atoms with Crippen molar-refractivity contribution < 1.29 is 37.7 Å². The maximum absolute atomic E-state index is 12.8. The highest BCUT2D eigenvalue weighted by atomic mass is 32.1. The number of carbonyl (C=O) groups excluding carboxylic acids is 1. The minimum Gasteiger partial charge on any atom is -0.475 e. The van der Waals surface area contributed by atoms with Gasteiger partial charge in [-0.1, -0.05) is 0 Å². The molecule has 1 spiro atoms. The molecule has 3 aliphatic rings. The van der Waals surface area contributed by atoms with Crippen LogP contribution in [-0.2, 0) is 9.53 Å². The lowest BCUT2D eigenvalue weighted by Crippen LogP contribution is -2.43. The molecule has 33 heavy (non-hydrogen) atoms. The highest BCUT2D eigenvalue weighted by Gasteiger charge is 2.44. The number of aryl methyl sites for hydroxylation is 2. The fraction of sp³-hybridized carbons (Fsp3) is 0.762. The second kappa shape index (κ2) is 10.2. The number of carboxylic acid groups (broad SMARTS) is 1. The van der Waals surface area contributed by atoms with Crippen molar-refractivity contribution in [2.24, 2.45) is 5.41 Å². The van der Waals surface area contributed by atoms with Gasteiger partial charge < -0.3 is 19.8 Å². The Labute approximate surface area is 194 Å². The van der Waals surface area contributed by atoms with Crippen molar-refractivity contribution in [1.82, 2.24) is 14.8 Å². The van der Waals surface area contributed by atoms with Crippen LogP contribution in [0.2, 0.25) is 0 Å². The summed E-state index contributed by atoms with van der Waals surface area (Å²) in [7, 11) is 0. The Morgan fingerprint density at radius 1 is 1.24 bits per heavy atom. The van der Waals surface area contributed by atoms with Crippen LogP contribution >= 0.6 is 11.3 Å². The second-order valence-corrected chi connectivity index (χ2v) is 10.3. The van der Waals surface area contributed by atoms with Crippen LogP contribution in [-0.4, -0.2) is 94.6 Å². The maximum Gasteiger partial charge on any atom is 0.490 e. The Balaban J connectivity index is 0.000000383. The largest absolute Gasteiger partial charge is 0.490 e. The number of thiazole rings is 1. The molecule has 0 radical (unpaired) electrons. The minimum atomic E-state index is -5.08. The molecule has 2 atom stereocenters. The summed E-state index contributed by atoms with van der Waals surface area (Å²) in [6.07, 6.45) is -0.970. The summed E-state index contributed by atoms with van der Waals surface area (Å²) < 4.78 is 37.8. The third-order valence-corrected chi connectivity index (χ3v) is 7.51. The van der Waals surface area contributed by atoms with E-state index in [0.717, 1.165) is 80.6 Å². The van der Waals surface area contributed by atoms with E-state index in [0.29, 0.717) is 0 Å². The number of amides is 1. The summed E-state index contributed by atoms with van der Waals surface area (Å²) in [6, 6.07) is 0. The van der Waals surface area contributed by atoms with Gasteiger partial charge in [0.15, 0.2) is 0 Å². The van der Waals surface area contributed by atoms with Gasteiger partial charge in [0.2, 0.25) is 0 Å². The number of nitrogens with zero attached hydrogens (tertiary/aromatic N) is 3. The van der Waals surface area contributed by atoms with Crippen LogP contribution in [0.4, 0.5) is 13.2 Å². The molecule has 0 aliphatic carbocycles. The first kappa shape index (κ1) is 25.9. The van der Waals surface area contributed by atoms with Gasteiger partial charge in [-0.15, -0.1) is 11.3 Å². The molecule has 2 unspecified atom stereocenters. The molecule has 186 valence electrons. The van der Waals surface area contributed by atoms with E-state index in [1.54, 1.807) is 0 Å². The normalized spacial score (nSPS) is 25.2. The third-order valence-electron chi connectivity index (χ3n) is 6.45. The fourth-order valence-electron chi connectivity index (χ4n) is 4.68. The van der Waals surface area contributed by atoms with Crippen LogP contribution in [0.25, 0.3) is 0 Å². The SMILES string of the molecule is Cc1nc(C)c(C(=O)N2CCC3(CC2)COC(CN2CCC(O)C2)C3)s1.O=C(O)C(F)(F)F. The summed E-state index contributed by atoms with van der Waals surface area (Å²) in [5.41, 5.74) is 1.09. The number of hydrogen-bond donors (Lipinski definition) is 2. The molecule has 3 saturated heterocycles. The number of aromatic nitrogens is 1. The average molecular weight is 494 g/mol. The van der Waals surface area contributed by atoms with Gasteiger partial charge in [-0.3, -0.25) is 9.69 Å². The number of likely N-dealkylation sites (tertiary alicyclic amines) is 2. The van der Waals surface area contributed by atoms with E-state index in [9.17, 15) is 23.1 Å². The number of rotatable bonds is 3. The quantitative estimate of drug-likeness (QED) is 0.667. The summed E-state index contributed by atoms with van der Waals surface area (Å²) in [5, 5.41) is 17.8. The molecule has 3 fully saturated rings. The number of halogens is 3. The van der Waals surface area contributed by atoms with Gasteiger partial charge in [-0.2, -0.15) is 13.2 Å². The van der Waals surface area contributed by atoms with Gasteiger partial charge in [0.25, 0.3) is 5.91 Å². The highest BCUT2D eigenvalue weighted by molar-refractivity contribution is 7.13. The number of alkyl halides is 3. The average Bonchev–Trinajstić information content (AvgIpc) is 3.41. The topological polar surface area (TPSA) is 103 Å². The number of aliphatic carboxylic acids is 1.